The van der Waals surface area contributed by atoms with Crippen molar-refractivity contribution in [3.05, 3.63) is 66.0 Å². The summed E-state index contributed by atoms with van der Waals surface area (Å²) < 4.78 is 44.8. The molecule has 0 bridgehead atoms. The summed E-state index contributed by atoms with van der Waals surface area (Å²) in [5.41, 5.74) is 0.645. The van der Waals surface area contributed by atoms with Gasteiger partial charge in [0.1, 0.15) is 17.5 Å². The Morgan fingerprint density at radius 3 is 2.49 bits per heavy atom. The Kier molecular flexibility index (Phi) is 6.36. The molecule has 3 heterocycles. The normalized spacial score (nSPS) is 11.1. The van der Waals surface area contributed by atoms with Crippen molar-refractivity contribution < 1.29 is 27.8 Å². The van der Waals surface area contributed by atoms with Gasteiger partial charge in [-0.1, -0.05) is 12.1 Å². The minimum atomic E-state index is -4.47. The number of alkyl halides is 3. The van der Waals surface area contributed by atoms with E-state index in [4.69, 9.17) is 10.4 Å². The number of ether oxygens (including phenoxy) is 1. The Morgan fingerprint density at radius 2 is 1.86 bits per heavy atom. The zero-order valence-electron chi connectivity index (χ0n) is 17.7. The number of fused-ring (bicyclic) bond motifs is 1. The quantitative estimate of drug-likeness (QED) is 0.260. The summed E-state index contributed by atoms with van der Waals surface area (Å²) in [5, 5.41) is 23.9. The van der Waals surface area contributed by atoms with Gasteiger partial charge in [0, 0.05) is 30.9 Å². The highest BCUT2D eigenvalue weighted by Gasteiger charge is 2.30. The van der Waals surface area contributed by atoms with Crippen LogP contribution in [-0.4, -0.2) is 43.7 Å². The summed E-state index contributed by atoms with van der Waals surface area (Å²) in [5.74, 6) is 0.633. The molecule has 0 saturated carbocycles. The molecule has 3 N–H and O–H groups in total. The zero-order chi connectivity index (χ0) is 25.0. The molecular formula is C22H16F3N7O3. The number of imidazole rings is 1. The fourth-order valence-corrected chi connectivity index (χ4v) is 3.14. The van der Waals surface area contributed by atoms with E-state index in [0.29, 0.717) is 35.7 Å². The highest BCUT2D eigenvalue weighted by Crippen LogP contribution is 2.31. The first-order valence-electron chi connectivity index (χ1n) is 10.1. The second-order valence-corrected chi connectivity index (χ2v) is 7.11. The average Bonchev–Trinajstić information content (AvgIpc) is 3.23. The van der Waals surface area contributed by atoms with E-state index >= 15 is 0 Å². The van der Waals surface area contributed by atoms with Crippen molar-refractivity contribution in [1.29, 1.82) is 5.26 Å². The topological polar surface area (TPSA) is 137 Å². The second kappa shape index (κ2) is 9.56. The molecule has 35 heavy (non-hydrogen) atoms. The number of rotatable bonds is 7. The van der Waals surface area contributed by atoms with Gasteiger partial charge in [0.05, 0.1) is 23.0 Å². The number of benzene rings is 1. The van der Waals surface area contributed by atoms with Crippen LogP contribution >= 0.6 is 0 Å². The van der Waals surface area contributed by atoms with Gasteiger partial charge >= 0.3 is 12.3 Å². The van der Waals surface area contributed by atoms with Crippen molar-refractivity contribution in [2.45, 2.75) is 6.18 Å². The minimum Gasteiger partial charge on any atom is -0.449 e. The van der Waals surface area contributed by atoms with E-state index in [1.165, 1.54) is 35.0 Å². The van der Waals surface area contributed by atoms with Crippen LogP contribution in [0.3, 0.4) is 0 Å². The van der Waals surface area contributed by atoms with Crippen LogP contribution in [0.15, 0.2) is 54.9 Å². The van der Waals surface area contributed by atoms with E-state index in [1.807, 2.05) is 6.07 Å². The molecule has 0 fully saturated rings. The Hall–Kier alpha value is -4.86. The summed E-state index contributed by atoms with van der Waals surface area (Å²) in [4.78, 5) is 23.6. The number of anilines is 2. The van der Waals surface area contributed by atoms with Crippen LogP contribution in [0.5, 0.6) is 5.88 Å². The Morgan fingerprint density at radius 1 is 1.11 bits per heavy atom. The first-order chi connectivity index (χ1) is 16.7. The monoisotopic (exact) mass is 483 g/mol. The maximum Gasteiger partial charge on any atom is 0.512 e. The highest BCUT2D eigenvalue weighted by molar-refractivity contribution is 5.68. The van der Waals surface area contributed by atoms with Crippen LogP contribution < -0.4 is 15.4 Å². The number of nitrogens with one attached hydrogen (secondary N) is 2. The number of nitrogens with zero attached hydrogens (tertiary/aromatic N) is 5. The van der Waals surface area contributed by atoms with Crippen molar-refractivity contribution in [2.24, 2.45) is 0 Å². The number of carbonyl (C=O) groups is 1. The molecule has 4 aromatic rings. The van der Waals surface area contributed by atoms with Gasteiger partial charge in [0.15, 0.2) is 0 Å². The third kappa shape index (κ3) is 5.56. The molecule has 0 radical (unpaired) electrons. The van der Waals surface area contributed by atoms with Crippen molar-refractivity contribution in [2.75, 3.05) is 23.7 Å². The van der Waals surface area contributed by atoms with E-state index in [-0.39, 0.29) is 17.5 Å². The number of pyridine rings is 1. The van der Waals surface area contributed by atoms with Gasteiger partial charge in [0.2, 0.25) is 11.8 Å². The van der Waals surface area contributed by atoms with Crippen LogP contribution in [0.1, 0.15) is 11.1 Å². The predicted molar refractivity (Wildman–Crippen MR) is 118 cm³/mol. The lowest BCUT2D eigenvalue weighted by Crippen LogP contribution is -2.17. The van der Waals surface area contributed by atoms with Crippen molar-refractivity contribution in [1.82, 2.24) is 19.4 Å². The molecular weight excluding hydrogens is 467 g/mol. The zero-order valence-corrected chi connectivity index (χ0v) is 17.7. The van der Waals surface area contributed by atoms with Gasteiger partial charge < -0.3 is 20.5 Å². The van der Waals surface area contributed by atoms with Gasteiger partial charge in [0.25, 0.3) is 0 Å². The lowest BCUT2D eigenvalue weighted by molar-refractivity contribution is -0.137. The number of hydrogen-bond acceptors (Lipinski definition) is 8. The minimum absolute atomic E-state index is 0.188. The Balaban J connectivity index is 1.57. The molecule has 0 unspecified atom stereocenters. The lowest BCUT2D eigenvalue weighted by Gasteiger charge is -2.12. The Bertz CT molecular complexity index is 1400. The van der Waals surface area contributed by atoms with E-state index in [9.17, 15) is 18.0 Å². The number of hydrogen-bond donors (Lipinski definition) is 3. The molecule has 13 heteroatoms. The van der Waals surface area contributed by atoms with E-state index in [0.717, 1.165) is 12.1 Å². The third-order valence-electron chi connectivity index (χ3n) is 4.74. The SMILES string of the molecule is N#Cc1ccc(NCCNc2nc(-c3ccc(C(F)(F)F)cc3)cc3nc(OC(=O)O)cn23)nc1. The molecule has 3 aromatic heterocycles. The summed E-state index contributed by atoms with van der Waals surface area (Å²) in [6, 6.07) is 11.3. The number of aromatic nitrogens is 4. The van der Waals surface area contributed by atoms with Gasteiger partial charge in [-0.15, -0.1) is 0 Å². The molecule has 0 saturated heterocycles. The molecule has 0 atom stereocenters. The molecule has 0 spiro atoms. The summed E-state index contributed by atoms with van der Waals surface area (Å²) in [6.07, 6.45) is -3.25. The molecule has 10 nitrogen and oxygen atoms in total. The van der Waals surface area contributed by atoms with Gasteiger partial charge in [-0.25, -0.2) is 14.8 Å². The lowest BCUT2D eigenvalue weighted by atomic mass is 10.1. The largest absolute Gasteiger partial charge is 0.512 e. The van der Waals surface area contributed by atoms with Crippen LogP contribution in [0, 0.1) is 11.3 Å². The van der Waals surface area contributed by atoms with Crippen LogP contribution in [0.4, 0.5) is 29.7 Å². The molecule has 0 aliphatic heterocycles. The predicted octanol–water partition coefficient (Wildman–Crippen LogP) is 4.26. The number of halogens is 3. The van der Waals surface area contributed by atoms with E-state index < -0.39 is 17.9 Å². The number of carboxylic acid groups (broad SMARTS) is 1. The first kappa shape index (κ1) is 23.3. The van der Waals surface area contributed by atoms with Crippen LogP contribution in [0.25, 0.3) is 16.9 Å². The first-order valence-corrected chi connectivity index (χ1v) is 10.1. The fourth-order valence-electron chi connectivity index (χ4n) is 3.14. The number of nitriles is 1. The van der Waals surface area contributed by atoms with Gasteiger partial charge in [-0.3, -0.25) is 4.40 Å². The summed E-state index contributed by atoms with van der Waals surface area (Å²) >= 11 is 0. The fraction of sp³-hybridized carbons (Fsp3) is 0.136. The smallest absolute Gasteiger partial charge is 0.449 e. The maximum absolute atomic E-state index is 12.9. The molecule has 178 valence electrons. The highest BCUT2D eigenvalue weighted by atomic mass is 19.4. The van der Waals surface area contributed by atoms with Gasteiger partial charge in [-0.05, 0) is 24.3 Å². The Labute approximate surface area is 195 Å². The van der Waals surface area contributed by atoms with Crippen molar-refractivity contribution >= 4 is 23.6 Å². The molecule has 0 aliphatic rings. The maximum atomic E-state index is 12.9. The summed E-state index contributed by atoms with van der Waals surface area (Å²) in [6.45, 7) is 0.743. The average molecular weight is 483 g/mol. The standard InChI is InChI=1S/C22H16F3N7O3/c23-22(24,25)15-4-2-14(3-5-15)16-9-18-31-19(35-21(33)34)12-32(18)20(30-16)28-8-7-27-17-6-1-13(10-26)11-29-17/h1-6,9,11-12H,7-8H2,(H,27,29)(H,28,30)(H,33,34). The van der Waals surface area contributed by atoms with E-state index in [1.54, 1.807) is 12.1 Å². The van der Waals surface area contributed by atoms with Crippen molar-refractivity contribution in [3.63, 3.8) is 0 Å². The summed E-state index contributed by atoms with van der Waals surface area (Å²) in [7, 11) is 0. The molecule has 1 aromatic carbocycles. The second-order valence-electron chi connectivity index (χ2n) is 7.11. The van der Waals surface area contributed by atoms with E-state index in [2.05, 4.69) is 30.3 Å². The van der Waals surface area contributed by atoms with Crippen molar-refractivity contribution in [3.8, 4) is 23.2 Å². The molecule has 4 rings (SSSR count). The van der Waals surface area contributed by atoms with Crippen LogP contribution in [-0.2, 0) is 6.18 Å². The third-order valence-corrected chi connectivity index (χ3v) is 4.74. The molecule has 0 aliphatic carbocycles. The van der Waals surface area contributed by atoms with Crippen LogP contribution in [0.2, 0.25) is 0 Å². The molecule has 0 amide bonds. The van der Waals surface area contributed by atoms with Gasteiger partial charge in [-0.2, -0.15) is 23.4 Å².